The van der Waals surface area contributed by atoms with Gasteiger partial charge in [0.05, 0.1) is 10.6 Å². The number of amides is 2. The van der Waals surface area contributed by atoms with Crippen molar-refractivity contribution < 1.29 is 22.4 Å². The first-order chi connectivity index (χ1) is 19.1. The Balaban J connectivity index is 1.70. The largest absolute Gasteiger partial charge is 0.352 e. The zero-order valence-electron chi connectivity index (χ0n) is 21.9. The molecule has 0 bridgehead atoms. The van der Waals surface area contributed by atoms with Crippen molar-refractivity contribution >= 4 is 50.7 Å². The lowest BCUT2D eigenvalue weighted by molar-refractivity contribution is -0.139. The summed E-state index contributed by atoms with van der Waals surface area (Å²) in [5.74, 6) is -1.57. The number of anilines is 1. The zero-order chi connectivity index (χ0) is 28.9. The summed E-state index contributed by atoms with van der Waals surface area (Å²) in [5, 5.41) is 3.62. The molecule has 3 aromatic carbocycles. The van der Waals surface area contributed by atoms with E-state index in [0.717, 1.165) is 42.1 Å². The molecule has 7 nitrogen and oxygen atoms in total. The number of nitrogens with one attached hydrogen (secondary N) is 1. The molecule has 4 rings (SSSR count). The van der Waals surface area contributed by atoms with Crippen LogP contribution in [0.2, 0.25) is 10.0 Å². The van der Waals surface area contributed by atoms with Crippen LogP contribution < -0.4 is 9.62 Å². The van der Waals surface area contributed by atoms with Crippen LogP contribution >= 0.6 is 23.2 Å². The maximum Gasteiger partial charge on any atom is 0.264 e. The monoisotopic (exact) mass is 605 g/mol. The van der Waals surface area contributed by atoms with E-state index >= 15 is 0 Å². The van der Waals surface area contributed by atoms with Crippen molar-refractivity contribution in [3.05, 3.63) is 94.2 Å². The van der Waals surface area contributed by atoms with Crippen LogP contribution in [-0.2, 0) is 26.2 Å². The van der Waals surface area contributed by atoms with Crippen LogP contribution in [0.4, 0.5) is 10.1 Å². The number of nitrogens with zero attached hydrogens (tertiary/aromatic N) is 2. The van der Waals surface area contributed by atoms with Crippen molar-refractivity contribution in [2.75, 3.05) is 10.8 Å². The number of hydrogen-bond donors (Lipinski definition) is 1. The van der Waals surface area contributed by atoms with E-state index in [9.17, 15) is 22.4 Å². The summed E-state index contributed by atoms with van der Waals surface area (Å²) in [5.41, 5.74) is 0.524. The summed E-state index contributed by atoms with van der Waals surface area (Å²) in [6, 6.07) is 16.4. The molecule has 0 saturated heterocycles. The Hall–Kier alpha value is -3.14. The number of benzene rings is 3. The lowest BCUT2D eigenvalue weighted by Gasteiger charge is -2.33. The molecule has 11 heteroatoms. The summed E-state index contributed by atoms with van der Waals surface area (Å²) in [4.78, 5) is 28.5. The van der Waals surface area contributed by atoms with Crippen LogP contribution in [0.1, 0.15) is 38.2 Å². The zero-order valence-corrected chi connectivity index (χ0v) is 24.2. The second kappa shape index (κ2) is 13.0. The number of carbonyl (C=O) groups is 2. The van der Waals surface area contributed by atoms with Crippen molar-refractivity contribution in [3.8, 4) is 0 Å². The first kappa shape index (κ1) is 29.8. The van der Waals surface area contributed by atoms with Gasteiger partial charge in [-0.3, -0.25) is 13.9 Å². The van der Waals surface area contributed by atoms with Crippen LogP contribution in [0, 0.1) is 5.82 Å². The molecule has 3 aromatic rings. The highest BCUT2D eigenvalue weighted by atomic mass is 35.5. The van der Waals surface area contributed by atoms with Crippen molar-refractivity contribution in [1.82, 2.24) is 10.2 Å². The SMILES string of the molecule is CC(C(=O)NC1CCCC1)N(Cc1c(Cl)cccc1Cl)C(=O)CN(c1ccc(F)cc1)S(=O)(=O)c1ccccc1. The molecule has 40 heavy (non-hydrogen) atoms. The van der Waals surface area contributed by atoms with E-state index in [-0.39, 0.29) is 29.1 Å². The lowest BCUT2D eigenvalue weighted by Crippen LogP contribution is -2.52. The van der Waals surface area contributed by atoms with Crippen LogP contribution in [0.25, 0.3) is 0 Å². The smallest absolute Gasteiger partial charge is 0.264 e. The number of hydrogen-bond acceptors (Lipinski definition) is 4. The fourth-order valence-electron chi connectivity index (χ4n) is 4.68. The average molecular weight is 607 g/mol. The third-order valence-corrected chi connectivity index (χ3v) is 9.48. The van der Waals surface area contributed by atoms with Gasteiger partial charge in [0.1, 0.15) is 18.4 Å². The minimum absolute atomic E-state index is 0.0185. The molecule has 1 saturated carbocycles. The molecule has 0 spiro atoms. The lowest BCUT2D eigenvalue weighted by atomic mass is 10.1. The van der Waals surface area contributed by atoms with Gasteiger partial charge in [-0.2, -0.15) is 0 Å². The Labute approximate surface area is 243 Å². The molecule has 0 aliphatic heterocycles. The Morgan fingerprint density at radius 1 is 0.950 bits per heavy atom. The van der Waals surface area contributed by atoms with E-state index in [4.69, 9.17) is 23.2 Å². The van der Waals surface area contributed by atoms with Crippen molar-refractivity contribution in [1.29, 1.82) is 0 Å². The minimum atomic E-state index is -4.24. The number of halogens is 3. The van der Waals surface area contributed by atoms with Crippen LogP contribution in [0.3, 0.4) is 0 Å². The van der Waals surface area contributed by atoms with Gasteiger partial charge < -0.3 is 10.2 Å². The van der Waals surface area contributed by atoms with Gasteiger partial charge in [0, 0.05) is 28.2 Å². The highest BCUT2D eigenvalue weighted by Crippen LogP contribution is 2.28. The summed E-state index contributed by atoms with van der Waals surface area (Å²) in [6.45, 7) is 0.812. The Morgan fingerprint density at radius 2 is 1.55 bits per heavy atom. The molecule has 2 amide bonds. The highest BCUT2D eigenvalue weighted by Gasteiger charge is 2.34. The van der Waals surface area contributed by atoms with Crippen molar-refractivity contribution in [2.24, 2.45) is 0 Å². The number of sulfonamides is 1. The quantitative estimate of drug-likeness (QED) is 0.316. The van der Waals surface area contributed by atoms with E-state index in [1.807, 2.05) is 0 Å². The van der Waals surface area contributed by atoms with Gasteiger partial charge in [-0.15, -0.1) is 0 Å². The summed E-state index contributed by atoms with van der Waals surface area (Å²) >= 11 is 12.8. The maximum atomic E-state index is 14.0. The van der Waals surface area contributed by atoms with Gasteiger partial charge in [0.25, 0.3) is 10.0 Å². The summed E-state index contributed by atoms with van der Waals surface area (Å²) < 4.78 is 42.1. The molecule has 0 radical (unpaired) electrons. The first-order valence-electron chi connectivity index (χ1n) is 12.9. The minimum Gasteiger partial charge on any atom is -0.352 e. The van der Waals surface area contributed by atoms with Gasteiger partial charge in [0.2, 0.25) is 11.8 Å². The fraction of sp³-hybridized carbons (Fsp3) is 0.310. The normalized spacial score (nSPS) is 14.5. The predicted molar refractivity (Wildman–Crippen MR) is 154 cm³/mol. The van der Waals surface area contributed by atoms with Crippen LogP contribution in [0.15, 0.2) is 77.7 Å². The van der Waals surface area contributed by atoms with Gasteiger partial charge in [-0.25, -0.2) is 12.8 Å². The molecule has 1 aliphatic rings. The van der Waals surface area contributed by atoms with E-state index in [1.54, 1.807) is 43.3 Å². The Bertz CT molecular complexity index is 1430. The molecule has 1 fully saturated rings. The number of carbonyl (C=O) groups excluding carboxylic acids is 2. The molecule has 0 heterocycles. The molecule has 1 aliphatic carbocycles. The van der Waals surface area contributed by atoms with E-state index in [0.29, 0.717) is 15.6 Å². The van der Waals surface area contributed by atoms with Crippen molar-refractivity contribution in [3.63, 3.8) is 0 Å². The highest BCUT2D eigenvalue weighted by molar-refractivity contribution is 7.92. The van der Waals surface area contributed by atoms with E-state index in [2.05, 4.69) is 5.32 Å². The summed E-state index contributed by atoms with van der Waals surface area (Å²) in [6.07, 6.45) is 3.75. The maximum absolute atomic E-state index is 14.0. The third kappa shape index (κ3) is 6.95. The summed E-state index contributed by atoms with van der Waals surface area (Å²) in [7, 11) is -4.24. The topological polar surface area (TPSA) is 86.8 Å². The fourth-order valence-corrected chi connectivity index (χ4v) is 6.64. The average Bonchev–Trinajstić information content (AvgIpc) is 3.45. The van der Waals surface area contributed by atoms with E-state index in [1.165, 1.54) is 29.2 Å². The first-order valence-corrected chi connectivity index (χ1v) is 15.1. The second-order valence-electron chi connectivity index (χ2n) is 9.69. The molecule has 1 atom stereocenters. The van der Waals surface area contributed by atoms with Crippen molar-refractivity contribution in [2.45, 2.75) is 56.1 Å². The second-order valence-corrected chi connectivity index (χ2v) is 12.4. The standard InChI is InChI=1S/C29H30Cl2FN3O4S/c1-20(29(37)33-22-8-5-6-9-22)34(18-25-26(30)12-7-13-27(25)31)28(36)19-35(23-16-14-21(32)15-17-23)40(38,39)24-10-3-2-4-11-24/h2-4,7,10-17,20,22H,5-6,8-9,18-19H2,1H3,(H,33,37). The third-order valence-electron chi connectivity index (χ3n) is 6.98. The number of rotatable bonds is 10. The van der Waals surface area contributed by atoms with Gasteiger partial charge in [-0.1, -0.05) is 60.3 Å². The van der Waals surface area contributed by atoms with E-state index < -0.39 is 34.3 Å². The molecule has 212 valence electrons. The van der Waals surface area contributed by atoms with Crippen LogP contribution in [-0.4, -0.2) is 43.8 Å². The molecule has 1 unspecified atom stereocenters. The van der Waals surface area contributed by atoms with Crippen LogP contribution in [0.5, 0.6) is 0 Å². The van der Waals surface area contributed by atoms with Gasteiger partial charge >= 0.3 is 0 Å². The Morgan fingerprint density at radius 3 is 2.15 bits per heavy atom. The molecule has 1 N–H and O–H groups in total. The molecular weight excluding hydrogens is 576 g/mol. The molecule has 0 aromatic heterocycles. The van der Waals surface area contributed by atoms with Gasteiger partial charge in [-0.05, 0) is 68.3 Å². The van der Waals surface area contributed by atoms with Gasteiger partial charge in [0.15, 0.2) is 0 Å². The predicted octanol–water partition coefficient (Wildman–Crippen LogP) is 5.80. The molecular formula is C29H30Cl2FN3O4S. The Kier molecular flexibility index (Phi) is 9.71.